The number of methoxy groups -OCH3 is 1. The molecule has 1 aromatic carbocycles. The largest absolute Gasteiger partial charge is 0.417 e. The molecule has 4 aliphatic carbocycles. The highest BCUT2D eigenvalue weighted by molar-refractivity contribution is 7.89. The molecule has 1 aromatic heterocycles. The number of ether oxygens (including phenoxy) is 1. The summed E-state index contributed by atoms with van der Waals surface area (Å²) in [7, 11) is -2.00. The fourth-order valence-corrected chi connectivity index (χ4v) is 7.17. The number of rotatable bonds is 5. The van der Waals surface area contributed by atoms with Crippen molar-refractivity contribution >= 4 is 21.1 Å². The Bertz CT molecular complexity index is 1010. The molecule has 4 saturated carbocycles. The first-order valence-corrected chi connectivity index (χ1v) is 11.1. The Morgan fingerprint density at radius 1 is 1.19 bits per heavy atom. The molecule has 146 valence electrons. The maximum absolute atomic E-state index is 12.9. The van der Waals surface area contributed by atoms with E-state index in [1.807, 2.05) is 0 Å². The zero-order valence-corrected chi connectivity index (χ0v) is 16.1. The average molecular weight is 392 g/mol. The minimum absolute atomic E-state index is 0.113. The number of aromatic amines is 1. The van der Waals surface area contributed by atoms with Crippen LogP contribution in [0.4, 0.5) is 0 Å². The Morgan fingerprint density at radius 2 is 1.85 bits per heavy atom. The minimum Gasteiger partial charge on any atom is -0.408 e. The second-order valence-electron chi connectivity index (χ2n) is 8.46. The van der Waals surface area contributed by atoms with Crippen molar-refractivity contribution in [2.75, 3.05) is 13.7 Å². The smallest absolute Gasteiger partial charge is 0.408 e. The molecule has 8 heteroatoms. The van der Waals surface area contributed by atoms with Gasteiger partial charge in [0.1, 0.15) is 0 Å². The molecule has 7 nitrogen and oxygen atoms in total. The molecule has 27 heavy (non-hydrogen) atoms. The van der Waals surface area contributed by atoms with Gasteiger partial charge < -0.3 is 9.15 Å². The maximum atomic E-state index is 12.9. The van der Waals surface area contributed by atoms with Crippen molar-refractivity contribution in [2.45, 2.75) is 42.6 Å². The van der Waals surface area contributed by atoms with Crippen molar-refractivity contribution < 1.29 is 17.6 Å². The zero-order chi connectivity index (χ0) is 18.8. The van der Waals surface area contributed by atoms with E-state index in [9.17, 15) is 13.2 Å². The summed E-state index contributed by atoms with van der Waals surface area (Å²) in [5.74, 6) is 1.82. The topological polar surface area (TPSA) is 101 Å². The van der Waals surface area contributed by atoms with Crippen LogP contribution >= 0.6 is 0 Å². The quantitative estimate of drug-likeness (QED) is 0.813. The standard InChI is InChI=1S/C19H24N2O5S/c1-25-19(13-5-11-4-12(7-13)8-14(19)6-11)10-20-27(23,24)15-2-3-17-16(9-15)21-18(22)26-17/h2-3,9,11-14,20H,4-8,10H2,1H3,(H,21,22). The third-order valence-electron chi connectivity index (χ3n) is 7.14. The second kappa shape index (κ2) is 5.93. The number of aromatic nitrogens is 1. The van der Waals surface area contributed by atoms with E-state index in [0.29, 0.717) is 29.5 Å². The van der Waals surface area contributed by atoms with Crippen molar-refractivity contribution in [1.29, 1.82) is 0 Å². The molecule has 0 amide bonds. The molecule has 0 aliphatic heterocycles. The van der Waals surface area contributed by atoms with Crippen LogP contribution in [0.2, 0.25) is 0 Å². The van der Waals surface area contributed by atoms with Crippen LogP contribution < -0.4 is 10.5 Å². The van der Waals surface area contributed by atoms with Crippen LogP contribution in [0.15, 0.2) is 32.3 Å². The summed E-state index contributed by atoms with van der Waals surface area (Å²) in [5, 5.41) is 0. The molecular weight excluding hydrogens is 368 g/mol. The Kier molecular flexibility index (Phi) is 3.83. The fourth-order valence-electron chi connectivity index (χ4n) is 6.07. The van der Waals surface area contributed by atoms with Gasteiger partial charge in [-0.3, -0.25) is 4.98 Å². The normalized spacial score (nSPS) is 35.1. The number of hydrogen-bond acceptors (Lipinski definition) is 5. The average Bonchev–Trinajstić information content (AvgIpc) is 3.00. The van der Waals surface area contributed by atoms with Crippen molar-refractivity contribution in [3.8, 4) is 0 Å². The molecule has 4 aliphatic rings. The first-order valence-electron chi connectivity index (χ1n) is 9.57. The van der Waals surface area contributed by atoms with Crippen LogP contribution in [-0.4, -0.2) is 32.7 Å². The molecular formula is C19H24N2O5S. The van der Waals surface area contributed by atoms with E-state index in [4.69, 9.17) is 9.15 Å². The summed E-state index contributed by atoms with van der Waals surface area (Å²) in [6.07, 6.45) is 5.91. The summed E-state index contributed by atoms with van der Waals surface area (Å²) in [4.78, 5) is 13.9. The van der Waals surface area contributed by atoms with E-state index in [0.717, 1.165) is 37.5 Å². The Balaban J connectivity index is 1.41. The van der Waals surface area contributed by atoms with Gasteiger partial charge in [-0.25, -0.2) is 17.9 Å². The molecule has 6 rings (SSSR count). The van der Waals surface area contributed by atoms with Crippen LogP contribution in [-0.2, 0) is 14.8 Å². The summed E-state index contributed by atoms with van der Waals surface area (Å²) < 4.78 is 39.5. The van der Waals surface area contributed by atoms with Gasteiger partial charge in [0.05, 0.1) is 16.0 Å². The van der Waals surface area contributed by atoms with E-state index >= 15 is 0 Å². The summed E-state index contributed by atoms with van der Waals surface area (Å²) in [5.41, 5.74) is 0.307. The number of sulfonamides is 1. The lowest BCUT2D eigenvalue weighted by Crippen LogP contribution is -2.63. The summed E-state index contributed by atoms with van der Waals surface area (Å²) in [6, 6.07) is 4.38. The number of oxazole rings is 1. The van der Waals surface area contributed by atoms with Gasteiger partial charge in [0.25, 0.3) is 0 Å². The molecule has 4 bridgehead atoms. The second-order valence-corrected chi connectivity index (χ2v) is 10.2. The molecule has 0 saturated heterocycles. The lowest BCUT2D eigenvalue weighted by molar-refractivity contribution is -0.185. The highest BCUT2D eigenvalue weighted by Gasteiger charge is 2.57. The third kappa shape index (κ3) is 2.68. The van der Waals surface area contributed by atoms with Crippen LogP contribution in [0, 0.1) is 23.7 Å². The van der Waals surface area contributed by atoms with Crippen molar-refractivity contribution in [2.24, 2.45) is 23.7 Å². The Hall–Kier alpha value is -1.64. The van der Waals surface area contributed by atoms with Crippen molar-refractivity contribution in [3.63, 3.8) is 0 Å². The molecule has 0 spiro atoms. The van der Waals surface area contributed by atoms with E-state index in [2.05, 4.69) is 9.71 Å². The van der Waals surface area contributed by atoms with E-state index in [1.54, 1.807) is 7.11 Å². The Labute approximate surface area is 157 Å². The van der Waals surface area contributed by atoms with Crippen LogP contribution in [0.3, 0.4) is 0 Å². The van der Waals surface area contributed by atoms with Crippen molar-refractivity contribution in [1.82, 2.24) is 9.71 Å². The van der Waals surface area contributed by atoms with E-state index < -0.39 is 21.4 Å². The monoisotopic (exact) mass is 392 g/mol. The predicted molar refractivity (Wildman–Crippen MR) is 98.8 cm³/mol. The molecule has 0 radical (unpaired) electrons. The van der Waals surface area contributed by atoms with E-state index in [1.165, 1.54) is 24.6 Å². The van der Waals surface area contributed by atoms with E-state index in [-0.39, 0.29) is 4.90 Å². The number of fused-ring (bicyclic) bond motifs is 1. The SMILES string of the molecule is COC1(CNS(=O)(=O)c2ccc3oc(=O)[nH]c3c2)C2CC3CC(C2)CC1C3. The molecule has 0 atom stereocenters. The van der Waals surface area contributed by atoms with Gasteiger partial charge in [0.15, 0.2) is 5.58 Å². The minimum atomic E-state index is -3.72. The lowest BCUT2D eigenvalue weighted by atomic mass is 9.50. The van der Waals surface area contributed by atoms with Gasteiger partial charge in [-0.1, -0.05) is 0 Å². The Morgan fingerprint density at radius 3 is 2.48 bits per heavy atom. The highest BCUT2D eigenvalue weighted by Crippen LogP contribution is 2.59. The van der Waals surface area contributed by atoms with Crippen molar-refractivity contribution in [3.05, 3.63) is 28.7 Å². The predicted octanol–water partition coefficient (Wildman–Crippen LogP) is 2.24. The first-order chi connectivity index (χ1) is 12.9. The molecule has 4 fully saturated rings. The van der Waals surface area contributed by atoms with Gasteiger partial charge in [0, 0.05) is 13.7 Å². The molecule has 1 heterocycles. The highest BCUT2D eigenvalue weighted by atomic mass is 32.2. The molecule has 2 N–H and O–H groups in total. The lowest BCUT2D eigenvalue weighted by Gasteiger charge is -2.60. The molecule has 2 aromatic rings. The van der Waals surface area contributed by atoms with Crippen LogP contribution in [0.1, 0.15) is 32.1 Å². The fraction of sp³-hybridized carbons (Fsp3) is 0.632. The first kappa shape index (κ1) is 17.5. The third-order valence-corrected chi connectivity index (χ3v) is 8.54. The summed E-state index contributed by atoms with van der Waals surface area (Å²) >= 11 is 0. The van der Waals surface area contributed by atoms with Gasteiger partial charge in [0.2, 0.25) is 10.0 Å². The molecule has 0 unspecified atom stereocenters. The number of H-pyrrole nitrogens is 1. The summed E-state index contributed by atoms with van der Waals surface area (Å²) in [6.45, 7) is 0.292. The number of nitrogens with one attached hydrogen (secondary N) is 2. The van der Waals surface area contributed by atoms with Gasteiger partial charge in [-0.05, 0) is 74.0 Å². The van der Waals surface area contributed by atoms with Gasteiger partial charge >= 0.3 is 5.76 Å². The number of hydrogen-bond donors (Lipinski definition) is 2. The zero-order valence-electron chi connectivity index (χ0n) is 15.2. The number of benzene rings is 1. The van der Waals surface area contributed by atoms with Gasteiger partial charge in [-0.2, -0.15) is 0 Å². The van der Waals surface area contributed by atoms with Crippen LogP contribution in [0.5, 0.6) is 0 Å². The maximum Gasteiger partial charge on any atom is 0.417 e. The van der Waals surface area contributed by atoms with Gasteiger partial charge in [-0.15, -0.1) is 0 Å². The van der Waals surface area contributed by atoms with Crippen LogP contribution in [0.25, 0.3) is 11.1 Å².